The fourth-order valence-corrected chi connectivity index (χ4v) is 2.41. The zero-order valence-electron chi connectivity index (χ0n) is 14.9. The van der Waals surface area contributed by atoms with Crippen LogP contribution in [-0.4, -0.2) is 28.5 Å². The Bertz CT molecular complexity index is 485. The third-order valence-electron chi connectivity index (χ3n) is 3.79. The first-order chi connectivity index (χ1) is 10.1. The number of amides is 1. The van der Waals surface area contributed by atoms with E-state index in [4.69, 9.17) is 5.73 Å². The molecule has 1 atom stereocenters. The minimum absolute atomic E-state index is 0.106. The van der Waals surface area contributed by atoms with Crippen LogP contribution in [0.2, 0.25) is 0 Å². The average molecular weight is 308 g/mol. The number of hydrogen-bond donors (Lipinski definition) is 2. The lowest BCUT2D eigenvalue weighted by Crippen LogP contribution is -2.40. The average Bonchev–Trinajstić information content (AvgIpc) is 2.83. The Morgan fingerprint density at radius 2 is 1.95 bits per heavy atom. The highest BCUT2D eigenvalue weighted by molar-refractivity contribution is 5.81. The number of nitrogens with zero attached hydrogens (tertiary/aromatic N) is 2. The van der Waals surface area contributed by atoms with Gasteiger partial charge in [0, 0.05) is 19.3 Å². The minimum Gasteiger partial charge on any atom is -0.369 e. The predicted octanol–water partition coefficient (Wildman–Crippen LogP) is 2.62. The van der Waals surface area contributed by atoms with Gasteiger partial charge in [0.25, 0.3) is 0 Å². The van der Waals surface area contributed by atoms with Gasteiger partial charge in [-0.05, 0) is 25.7 Å². The molecule has 3 N–H and O–H groups in total. The van der Waals surface area contributed by atoms with Gasteiger partial charge in [-0.2, -0.15) is 0 Å². The topological polar surface area (TPSA) is 72.9 Å². The Hall–Kier alpha value is -1.36. The Labute approximate surface area is 134 Å². The summed E-state index contributed by atoms with van der Waals surface area (Å²) in [7, 11) is 0. The normalized spacial score (nSPS) is 14.1. The molecule has 1 aromatic rings. The Morgan fingerprint density at radius 3 is 2.45 bits per heavy atom. The number of rotatable bonds is 8. The molecule has 5 heteroatoms. The van der Waals surface area contributed by atoms with Gasteiger partial charge < -0.3 is 15.6 Å². The Morgan fingerprint density at radius 1 is 1.32 bits per heavy atom. The fourth-order valence-electron chi connectivity index (χ4n) is 2.41. The van der Waals surface area contributed by atoms with Crippen LogP contribution in [-0.2, 0) is 10.3 Å². The monoisotopic (exact) mass is 308 g/mol. The first-order valence-corrected chi connectivity index (χ1v) is 8.11. The largest absolute Gasteiger partial charge is 0.369 e. The van der Waals surface area contributed by atoms with E-state index in [1.165, 1.54) is 0 Å². The maximum absolute atomic E-state index is 11.6. The molecule has 0 aliphatic carbocycles. The number of aromatic nitrogens is 2. The summed E-state index contributed by atoms with van der Waals surface area (Å²) in [5, 5.41) is 3.51. The van der Waals surface area contributed by atoms with Crippen LogP contribution in [0, 0.1) is 5.41 Å². The van der Waals surface area contributed by atoms with Crippen molar-refractivity contribution < 1.29 is 4.79 Å². The zero-order chi connectivity index (χ0) is 17.0. The van der Waals surface area contributed by atoms with Crippen molar-refractivity contribution >= 4 is 5.91 Å². The SMILES string of the molecule is CCCC(C(N)=O)c1cn(C(C)(C)CNCC(C)(C)C)cn1. The number of imidazole rings is 1. The van der Waals surface area contributed by atoms with Crippen LogP contribution in [0.4, 0.5) is 0 Å². The molecule has 126 valence electrons. The number of primary amides is 1. The summed E-state index contributed by atoms with van der Waals surface area (Å²) in [6.45, 7) is 14.8. The summed E-state index contributed by atoms with van der Waals surface area (Å²) in [5.74, 6) is -0.583. The van der Waals surface area contributed by atoms with E-state index in [-0.39, 0.29) is 22.8 Å². The molecular formula is C17H32N4O. The highest BCUT2D eigenvalue weighted by Crippen LogP contribution is 2.22. The van der Waals surface area contributed by atoms with E-state index in [0.717, 1.165) is 31.6 Å². The van der Waals surface area contributed by atoms with Crippen molar-refractivity contribution in [3.8, 4) is 0 Å². The van der Waals surface area contributed by atoms with Crippen LogP contribution in [0.15, 0.2) is 12.5 Å². The predicted molar refractivity (Wildman–Crippen MR) is 90.7 cm³/mol. The van der Waals surface area contributed by atoms with Crippen LogP contribution in [0.1, 0.15) is 66.0 Å². The fraction of sp³-hybridized carbons (Fsp3) is 0.765. The smallest absolute Gasteiger partial charge is 0.226 e. The van der Waals surface area contributed by atoms with E-state index < -0.39 is 0 Å². The maximum atomic E-state index is 11.6. The molecule has 0 radical (unpaired) electrons. The van der Waals surface area contributed by atoms with Crippen LogP contribution in [0.25, 0.3) is 0 Å². The molecule has 0 saturated carbocycles. The second kappa shape index (κ2) is 7.27. The lowest BCUT2D eigenvalue weighted by molar-refractivity contribution is -0.119. The highest BCUT2D eigenvalue weighted by atomic mass is 16.1. The second-order valence-electron chi connectivity index (χ2n) is 7.93. The third kappa shape index (κ3) is 5.44. The van der Waals surface area contributed by atoms with Gasteiger partial charge in [-0.15, -0.1) is 0 Å². The molecule has 0 spiro atoms. The molecule has 0 aliphatic rings. The van der Waals surface area contributed by atoms with Crippen LogP contribution < -0.4 is 11.1 Å². The Kier molecular flexibility index (Phi) is 6.17. The lowest BCUT2D eigenvalue weighted by atomic mass is 9.96. The minimum atomic E-state index is -0.296. The molecule has 0 fully saturated rings. The van der Waals surface area contributed by atoms with Crippen molar-refractivity contribution in [2.45, 2.75) is 65.8 Å². The van der Waals surface area contributed by atoms with Crippen molar-refractivity contribution in [3.05, 3.63) is 18.2 Å². The van der Waals surface area contributed by atoms with Gasteiger partial charge in [0.1, 0.15) is 0 Å². The molecule has 5 nitrogen and oxygen atoms in total. The maximum Gasteiger partial charge on any atom is 0.226 e. The van der Waals surface area contributed by atoms with Crippen LogP contribution >= 0.6 is 0 Å². The van der Waals surface area contributed by atoms with E-state index in [2.05, 4.69) is 49.5 Å². The first kappa shape index (κ1) is 18.7. The molecule has 1 rings (SSSR count). The van der Waals surface area contributed by atoms with Crippen molar-refractivity contribution in [2.24, 2.45) is 11.1 Å². The summed E-state index contributed by atoms with van der Waals surface area (Å²) in [4.78, 5) is 16.0. The second-order valence-corrected chi connectivity index (χ2v) is 7.93. The van der Waals surface area contributed by atoms with Crippen molar-refractivity contribution in [2.75, 3.05) is 13.1 Å². The van der Waals surface area contributed by atoms with Gasteiger partial charge in [0.2, 0.25) is 5.91 Å². The first-order valence-electron chi connectivity index (χ1n) is 8.11. The summed E-state index contributed by atoms with van der Waals surface area (Å²) in [5.41, 5.74) is 6.43. The number of carbonyl (C=O) groups is 1. The molecule has 0 saturated heterocycles. The van der Waals surface area contributed by atoms with Gasteiger partial charge in [0.15, 0.2) is 0 Å². The van der Waals surface area contributed by atoms with E-state index in [1.807, 2.05) is 13.1 Å². The molecule has 0 aromatic carbocycles. The summed E-state index contributed by atoms with van der Waals surface area (Å²) >= 11 is 0. The van der Waals surface area contributed by atoms with E-state index in [0.29, 0.717) is 0 Å². The zero-order valence-corrected chi connectivity index (χ0v) is 14.9. The van der Waals surface area contributed by atoms with Crippen LogP contribution in [0.3, 0.4) is 0 Å². The third-order valence-corrected chi connectivity index (χ3v) is 3.79. The molecule has 0 bridgehead atoms. The molecule has 0 aliphatic heterocycles. The number of nitrogens with one attached hydrogen (secondary N) is 1. The summed E-state index contributed by atoms with van der Waals surface area (Å²) < 4.78 is 2.07. The van der Waals surface area contributed by atoms with Gasteiger partial charge in [-0.25, -0.2) is 4.98 Å². The number of hydrogen-bond acceptors (Lipinski definition) is 3. The summed E-state index contributed by atoms with van der Waals surface area (Å²) in [6, 6.07) is 0. The van der Waals surface area contributed by atoms with Gasteiger partial charge in [0.05, 0.1) is 23.5 Å². The quantitative estimate of drug-likeness (QED) is 0.775. The van der Waals surface area contributed by atoms with Crippen molar-refractivity contribution in [1.29, 1.82) is 0 Å². The molecule has 1 unspecified atom stereocenters. The van der Waals surface area contributed by atoms with Crippen molar-refractivity contribution in [3.63, 3.8) is 0 Å². The highest BCUT2D eigenvalue weighted by Gasteiger charge is 2.25. The van der Waals surface area contributed by atoms with Gasteiger partial charge in [-0.3, -0.25) is 4.79 Å². The molecule has 1 aromatic heterocycles. The lowest BCUT2D eigenvalue weighted by Gasteiger charge is -2.29. The molecule has 1 heterocycles. The molecule has 22 heavy (non-hydrogen) atoms. The van der Waals surface area contributed by atoms with E-state index in [1.54, 1.807) is 6.33 Å². The molecular weight excluding hydrogens is 276 g/mol. The standard InChI is InChI=1S/C17H32N4O/c1-7-8-13(15(18)22)14-9-21(12-20-14)17(5,6)11-19-10-16(2,3)4/h9,12-13,19H,7-8,10-11H2,1-6H3,(H2,18,22). The number of nitrogens with two attached hydrogens (primary N) is 1. The van der Waals surface area contributed by atoms with Gasteiger partial charge >= 0.3 is 0 Å². The van der Waals surface area contributed by atoms with Crippen molar-refractivity contribution in [1.82, 2.24) is 14.9 Å². The van der Waals surface area contributed by atoms with E-state index in [9.17, 15) is 4.79 Å². The number of carbonyl (C=O) groups excluding carboxylic acids is 1. The van der Waals surface area contributed by atoms with E-state index >= 15 is 0 Å². The summed E-state index contributed by atoms with van der Waals surface area (Å²) in [6.07, 6.45) is 5.43. The Balaban J connectivity index is 2.78. The molecule has 1 amide bonds. The van der Waals surface area contributed by atoms with Crippen LogP contribution in [0.5, 0.6) is 0 Å². The van der Waals surface area contributed by atoms with Gasteiger partial charge in [-0.1, -0.05) is 34.1 Å².